The van der Waals surface area contributed by atoms with Crippen LogP contribution in [0.15, 0.2) is 23.1 Å². The fourth-order valence-corrected chi connectivity index (χ4v) is 5.40. The van der Waals surface area contributed by atoms with Crippen LogP contribution in [0.3, 0.4) is 0 Å². The van der Waals surface area contributed by atoms with Gasteiger partial charge in [-0.05, 0) is 54.3 Å². The topological polar surface area (TPSA) is 127 Å². The Hall–Kier alpha value is -3.65. The number of carbonyl (C=O) groups excluding carboxylic acids is 2. The molecule has 0 spiro atoms. The quantitative estimate of drug-likeness (QED) is 0.298. The number of alkyl halides is 5. The van der Waals surface area contributed by atoms with Crippen molar-refractivity contribution < 1.29 is 36.2 Å². The monoisotopic (exact) mass is 597 g/mol. The summed E-state index contributed by atoms with van der Waals surface area (Å²) in [4.78, 5) is 30.2. The molecule has 2 fully saturated rings. The van der Waals surface area contributed by atoms with Gasteiger partial charge in [0.2, 0.25) is 11.8 Å². The molecule has 0 aliphatic heterocycles. The first kappa shape index (κ1) is 29.8. The lowest BCUT2D eigenvalue weighted by Crippen LogP contribution is -2.37. The van der Waals surface area contributed by atoms with Crippen molar-refractivity contribution in [3.8, 4) is 0 Å². The number of fused-ring (bicyclic) bond motifs is 1. The van der Waals surface area contributed by atoms with Gasteiger partial charge < -0.3 is 10.6 Å². The molecule has 0 radical (unpaired) electrons. The van der Waals surface area contributed by atoms with Crippen LogP contribution >= 0.6 is 0 Å². The zero-order valence-corrected chi connectivity index (χ0v) is 23.1. The van der Waals surface area contributed by atoms with Crippen LogP contribution < -0.4 is 10.6 Å². The number of halogens is 5. The molecule has 3 aromatic rings. The Morgan fingerprint density at radius 1 is 1.07 bits per heavy atom. The van der Waals surface area contributed by atoms with Gasteiger partial charge in [0.05, 0.1) is 36.6 Å². The van der Waals surface area contributed by atoms with E-state index in [2.05, 4.69) is 31.0 Å². The van der Waals surface area contributed by atoms with Crippen molar-refractivity contribution in [1.82, 2.24) is 35.5 Å². The number of hydrogen-bond acceptors (Lipinski definition) is 7. The molecule has 1 unspecified atom stereocenters. The normalized spacial score (nSPS) is 19.1. The maximum absolute atomic E-state index is 14.0. The van der Waals surface area contributed by atoms with Crippen LogP contribution in [0.25, 0.3) is 5.65 Å². The second-order valence-electron chi connectivity index (χ2n) is 11.6. The second kappa shape index (κ2) is 11.6. The number of carbonyl (C=O) groups is 2. The van der Waals surface area contributed by atoms with Gasteiger partial charge in [-0.1, -0.05) is 19.0 Å². The zero-order valence-electron chi connectivity index (χ0n) is 23.1. The summed E-state index contributed by atoms with van der Waals surface area (Å²) >= 11 is 0. The number of aromatic nitrogens is 5. The van der Waals surface area contributed by atoms with Gasteiger partial charge in [0.25, 0.3) is 5.91 Å². The molecule has 5 rings (SSSR count). The minimum atomic E-state index is -4.43. The van der Waals surface area contributed by atoms with Gasteiger partial charge in [-0.3, -0.25) is 9.59 Å². The summed E-state index contributed by atoms with van der Waals surface area (Å²) in [5.74, 6) is -4.46. The number of nitrogens with one attached hydrogen (secondary N) is 2. The summed E-state index contributed by atoms with van der Waals surface area (Å²) in [6.07, 6.45) is -1.88. The Bertz CT molecular complexity index is 1420. The highest BCUT2D eigenvalue weighted by Crippen LogP contribution is 2.43. The second-order valence-corrected chi connectivity index (χ2v) is 11.6. The molecule has 2 aliphatic rings. The molecule has 2 saturated carbocycles. The van der Waals surface area contributed by atoms with E-state index < -0.39 is 48.8 Å². The molecule has 2 atom stereocenters. The first-order chi connectivity index (χ1) is 19.8. The van der Waals surface area contributed by atoms with Gasteiger partial charge in [0.15, 0.2) is 11.3 Å². The lowest BCUT2D eigenvalue weighted by molar-refractivity contribution is -0.144. The fraction of sp³-hybridized carbons (Fsp3) is 0.630. The zero-order chi connectivity index (χ0) is 30.2. The maximum Gasteiger partial charge on any atom is 0.389 e. The molecule has 0 aromatic carbocycles. The van der Waals surface area contributed by atoms with E-state index in [4.69, 9.17) is 4.63 Å². The molecule has 3 heterocycles. The third-order valence-electron chi connectivity index (χ3n) is 7.88. The smallest absolute Gasteiger partial charge is 0.349 e. The Kier molecular flexibility index (Phi) is 8.21. The van der Waals surface area contributed by atoms with Gasteiger partial charge >= 0.3 is 6.18 Å². The molecule has 0 bridgehead atoms. The number of nitrogens with zero attached hydrogens (tertiary/aromatic N) is 5. The van der Waals surface area contributed by atoms with Gasteiger partial charge in [0.1, 0.15) is 5.69 Å². The first-order valence-corrected chi connectivity index (χ1v) is 14.0. The highest BCUT2D eigenvalue weighted by atomic mass is 19.4. The number of rotatable bonds is 10. The van der Waals surface area contributed by atoms with Crippen LogP contribution in [-0.2, 0) is 4.79 Å². The molecular weight excluding hydrogens is 565 g/mol. The summed E-state index contributed by atoms with van der Waals surface area (Å²) in [7, 11) is 0. The van der Waals surface area contributed by atoms with Crippen molar-refractivity contribution in [3.63, 3.8) is 0 Å². The molecule has 2 amide bonds. The van der Waals surface area contributed by atoms with Crippen molar-refractivity contribution in [2.75, 3.05) is 0 Å². The van der Waals surface area contributed by atoms with E-state index in [1.807, 2.05) is 13.8 Å². The Morgan fingerprint density at radius 3 is 2.40 bits per heavy atom. The van der Waals surface area contributed by atoms with Gasteiger partial charge in [0, 0.05) is 25.2 Å². The third kappa shape index (κ3) is 7.04. The Morgan fingerprint density at radius 2 is 1.76 bits per heavy atom. The number of imidazole rings is 1. The molecule has 15 heteroatoms. The summed E-state index contributed by atoms with van der Waals surface area (Å²) < 4.78 is 72.0. The molecule has 42 heavy (non-hydrogen) atoms. The molecular formula is C27H32F5N7O3. The van der Waals surface area contributed by atoms with Crippen molar-refractivity contribution in [3.05, 3.63) is 41.1 Å². The van der Waals surface area contributed by atoms with E-state index in [0.29, 0.717) is 22.6 Å². The Labute approximate surface area is 237 Å². The van der Waals surface area contributed by atoms with E-state index in [-0.39, 0.29) is 49.1 Å². The summed E-state index contributed by atoms with van der Waals surface area (Å²) in [6.45, 7) is 3.66. The van der Waals surface area contributed by atoms with E-state index in [0.717, 1.165) is 12.8 Å². The molecule has 0 saturated heterocycles. The van der Waals surface area contributed by atoms with E-state index >= 15 is 0 Å². The third-order valence-corrected chi connectivity index (χ3v) is 7.88. The van der Waals surface area contributed by atoms with Crippen LogP contribution in [-0.4, -0.2) is 48.8 Å². The van der Waals surface area contributed by atoms with Gasteiger partial charge in [-0.15, -0.1) is 0 Å². The predicted molar refractivity (Wildman–Crippen MR) is 137 cm³/mol. The van der Waals surface area contributed by atoms with Gasteiger partial charge in [-0.25, -0.2) is 22.9 Å². The van der Waals surface area contributed by atoms with E-state index in [1.165, 1.54) is 10.7 Å². The molecule has 2 N–H and O–H groups in total. The largest absolute Gasteiger partial charge is 0.389 e. The number of hydrogen-bond donors (Lipinski definition) is 2. The molecule has 10 nitrogen and oxygen atoms in total. The van der Waals surface area contributed by atoms with E-state index in [9.17, 15) is 31.5 Å². The van der Waals surface area contributed by atoms with Crippen LogP contribution in [0, 0.1) is 11.8 Å². The molecule has 228 valence electrons. The SMILES string of the molecule is CC(C)c1nonc1C(=O)NC(c1cn2ncc([C@H](NC(=O)CCC(F)(F)F)C3CC3)cc2n1)C1CCC(F)(F)CC1. The first-order valence-electron chi connectivity index (χ1n) is 14.0. The highest BCUT2D eigenvalue weighted by molar-refractivity contribution is 5.93. The van der Waals surface area contributed by atoms with Crippen molar-refractivity contribution in [2.45, 2.75) is 95.3 Å². The van der Waals surface area contributed by atoms with Crippen molar-refractivity contribution in [1.29, 1.82) is 0 Å². The number of amides is 2. The van der Waals surface area contributed by atoms with Crippen LogP contribution in [0.5, 0.6) is 0 Å². The average molecular weight is 598 g/mol. The minimum Gasteiger partial charge on any atom is -0.349 e. The predicted octanol–water partition coefficient (Wildman–Crippen LogP) is 5.44. The fourth-order valence-electron chi connectivity index (χ4n) is 5.40. The lowest BCUT2D eigenvalue weighted by atomic mass is 9.81. The molecule has 2 aliphatic carbocycles. The molecule has 3 aromatic heterocycles. The van der Waals surface area contributed by atoms with E-state index in [1.54, 1.807) is 12.3 Å². The summed E-state index contributed by atoms with van der Waals surface area (Å²) in [6, 6.07) is 0.431. The van der Waals surface area contributed by atoms with Crippen molar-refractivity contribution >= 4 is 17.5 Å². The maximum atomic E-state index is 14.0. The van der Waals surface area contributed by atoms with Gasteiger partial charge in [-0.2, -0.15) is 18.3 Å². The highest BCUT2D eigenvalue weighted by Gasteiger charge is 2.40. The minimum absolute atomic E-state index is 0.00820. The van der Waals surface area contributed by atoms with Crippen LogP contribution in [0.1, 0.15) is 111 Å². The summed E-state index contributed by atoms with van der Waals surface area (Å²) in [5.41, 5.74) is 1.75. The lowest BCUT2D eigenvalue weighted by Gasteiger charge is -2.33. The average Bonchev–Trinajstić information content (AvgIpc) is 3.47. The standard InChI is InChI=1S/C27H32F5N7O3/c1-14(2)21-24(38-42-37-21)25(41)36-23(16-5-8-26(28,29)9-6-16)18-13-39-19(34-18)11-17(12-33-39)22(15-3-4-15)35-20(40)7-10-27(30,31)32/h11-16,22-23H,3-10H2,1-2H3,(H,35,40)(H,36,41)/t22-,23?/m1/s1. The van der Waals surface area contributed by atoms with Crippen LogP contribution in [0.4, 0.5) is 22.0 Å². The Balaban J connectivity index is 1.40. The van der Waals surface area contributed by atoms with Crippen molar-refractivity contribution in [2.24, 2.45) is 11.8 Å². The van der Waals surface area contributed by atoms with Crippen LogP contribution in [0.2, 0.25) is 0 Å². The summed E-state index contributed by atoms with van der Waals surface area (Å²) in [5, 5.41) is 17.6.